The molecule has 0 aliphatic carbocycles. The van der Waals surface area contributed by atoms with Gasteiger partial charge in [-0.05, 0) is 30.3 Å². The second-order valence-electron chi connectivity index (χ2n) is 5.10. The third-order valence-corrected chi connectivity index (χ3v) is 4.06. The summed E-state index contributed by atoms with van der Waals surface area (Å²) < 4.78 is 27.6. The third-order valence-electron chi connectivity index (χ3n) is 3.33. The van der Waals surface area contributed by atoms with Crippen LogP contribution in [0.4, 0.5) is 17.1 Å². The molecule has 0 radical (unpaired) electrons. The number of aromatic carboxylic acids is 1. The smallest absolute Gasteiger partial charge is 0.339 e. The fourth-order valence-corrected chi connectivity index (χ4v) is 2.85. The molecular weight excluding hydrogens is 364 g/mol. The number of rotatable bonds is 6. The van der Waals surface area contributed by atoms with E-state index >= 15 is 0 Å². The Balaban J connectivity index is 2.54. The highest BCUT2D eigenvalue weighted by atomic mass is 32.2. The molecule has 0 bridgehead atoms. The van der Waals surface area contributed by atoms with Crippen molar-refractivity contribution in [1.29, 1.82) is 0 Å². The van der Waals surface area contributed by atoms with Crippen LogP contribution in [-0.4, -0.2) is 38.0 Å². The summed E-state index contributed by atoms with van der Waals surface area (Å²) in [6.45, 7) is 1.30. The minimum Gasteiger partial charge on any atom is -0.507 e. The molecule has 0 aliphatic heterocycles. The van der Waals surface area contributed by atoms with Gasteiger partial charge < -0.3 is 20.3 Å². The van der Waals surface area contributed by atoms with Crippen molar-refractivity contribution in [2.24, 2.45) is 0 Å². The maximum Gasteiger partial charge on any atom is 0.339 e. The summed E-state index contributed by atoms with van der Waals surface area (Å²) >= 11 is -2.54. The molecule has 138 valence electrons. The van der Waals surface area contributed by atoms with Gasteiger partial charge in [-0.3, -0.25) is 9.35 Å². The maximum atomic E-state index is 11.8. The van der Waals surface area contributed by atoms with E-state index in [1.54, 1.807) is 0 Å². The number of nitrogens with one attached hydrogen (secondary N) is 1. The molecule has 2 aromatic rings. The lowest BCUT2D eigenvalue weighted by atomic mass is 10.1. The zero-order valence-corrected chi connectivity index (χ0v) is 14.6. The molecule has 26 heavy (non-hydrogen) atoms. The van der Waals surface area contributed by atoms with E-state index in [1.165, 1.54) is 38.3 Å². The molecule has 0 saturated heterocycles. The number of aromatic hydroxyl groups is 1. The molecule has 2 aromatic carbocycles. The Hall–Kier alpha value is -3.11. The number of ether oxygens (including phenoxy) is 1. The molecule has 1 unspecified atom stereocenters. The van der Waals surface area contributed by atoms with Crippen LogP contribution in [0.25, 0.3) is 0 Å². The topological polar surface area (TPSA) is 136 Å². The minimum absolute atomic E-state index is 0.0762. The molecule has 0 aliphatic rings. The van der Waals surface area contributed by atoms with Crippen molar-refractivity contribution >= 4 is 40.2 Å². The summed E-state index contributed by atoms with van der Waals surface area (Å²) in [7, 11) is 1.41. The van der Waals surface area contributed by atoms with Crippen LogP contribution in [0.5, 0.6) is 11.5 Å². The highest BCUT2D eigenvalue weighted by Crippen LogP contribution is 2.35. The quantitative estimate of drug-likeness (QED) is 0.565. The van der Waals surface area contributed by atoms with Gasteiger partial charge in [-0.1, -0.05) is 0 Å². The van der Waals surface area contributed by atoms with Gasteiger partial charge in [0.25, 0.3) is 11.3 Å². The minimum atomic E-state index is -2.54. The number of nitrogens with zero attached hydrogens (tertiary/aromatic N) is 1. The number of methoxy groups -OCH3 is 1. The van der Waals surface area contributed by atoms with Crippen molar-refractivity contribution in [3.05, 3.63) is 42.0 Å². The molecule has 4 N–H and O–H groups in total. The van der Waals surface area contributed by atoms with Crippen LogP contribution in [0.15, 0.2) is 36.4 Å². The van der Waals surface area contributed by atoms with Crippen LogP contribution in [0.3, 0.4) is 0 Å². The van der Waals surface area contributed by atoms with Crippen LogP contribution in [-0.2, 0) is 16.1 Å². The molecule has 10 heteroatoms. The lowest BCUT2D eigenvalue weighted by Gasteiger charge is -2.22. The number of hydrogen-bond donors (Lipinski definition) is 4. The van der Waals surface area contributed by atoms with Crippen molar-refractivity contribution in [3.63, 3.8) is 0 Å². The molecule has 1 amide bonds. The second-order valence-corrected chi connectivity index (χ2v) is 5.92. The third kappa shape index (κ3) is 4.10. The lowest BCUT2D eigenvalue weighted by Crippen LogP contribution is -2.20. The Bertz CT molecular complexity index is 885. The molecular formula is C16H16N2O7S. The Morgan fingerprint density at radius 1 is 1.15 bits per heavy atom. The van der Waals surface area contributed by atoms with Gasteiger partial charge in [-0.15, -0.1) is 0 Å². The molecule has 2 rings (SSSR count). The molecule has 1 atom stereocenters. The van der Waals surface area contributed by atoms with Crippen molar-refractivity contribution in [2.75, 3.05) is 16.7 Å². The monoisotopic (exact) mass is 380 g/mol. The predicted octanol–water partition coefficient (Wildman–Crippen LogP) is 2.33. The Kier molecular flexibility index (Phi) is 5.80. The summed E-state index contributed by atoms with van der Waals surface area (Å²) in [5.41, 5.74) is 0.218. The van der Waals surface area contributed by atoms with Crippen molar-refractivity contribution in [2.45, 2.75) is 6.92 Å². The number of carbonyl (C=O) groups excluding carboxylic acids is 1. The van der Waals surface area contributed by atoms with Crippen LogP contribution in [0.2, 0.25) is 0 Å². The number of anilines is 3. The highest BCUT2D eigenvalue weighted by Gasteiger charge is 2.20. The number of carbonyl (C=O) groups is 2. The van der Waals surface area contributed by atoms with Crippen molar-refractivity contribution in [1.82, 2.24) is 0 Å². The first kappa shape index (κ1) is 19.2. The van der Waals surface area contributed by atoms with E-state index in [4.69, 9.17) is 9.84 Å². The number of hydrogen-bond acceptors (Lipinski definition) is 5. The summed E-state index contributed by atoms with van der Waals surface area (Å²) in [4.78, 5) is 22.3. The standard InChI is InChI=1S/C16H16N2O7S/c1-9(19)17-13-7-10(4-6-15(13)25-2)18(26(23)24)11-3-5-12(16(21)22)14(20)8-11/h3-8,20H,1-2H3,(H,17,19)(H,21,22)(H,23,24). The Morgan fingerprint density at radius 2 is 1.77 bits per heavy atom. The zero-order chi connectivity index (χ0) is 19.4. The van der Waals surface area contributed by atoms with Gasteiger partial charge in [0.2, 0.25) is 5.91 Å². The van der Waals surface area contributed by atoms with E-state index in [1.807, 2.05) is 0 Å². The number of amides is 1. The van der Waals surface area contributed by atoms with Crippen LogP contribution in [0.1, 0.15) is 17.3 Å². The van der Waals surface area contributed by atoms with Gasteiger partial charge in [0.1, 0.15) is 17.1 Å². The number of carboxylic acids is 1. The molecule has 9 nitrogen and oxygen atoms in total. The van der Waals surface area contributed by atoms with E-state index in [2.05, 4.69) is 5.32 Å². The normalized spacial score (nSPS) is 11.5. The molecule has 0 fully saturated rings. The van der Waals surface area contributed by atoms with Crippen molar-refractivity contribution < 1.29 is 33.3 Å². The molecule has 0 aromatic heterocycles. The van der Waals surface area contributed by atoms with Gasteiger partial charge >= 0.3 is 5.97 Å². The summed E-state index contributed by atoms with van der Waals surface area (Å²) in [6, 6.07) is 7.83. The van der Waals surface area contributed by atoms with Gasteiger partial charge in [0.05, 0.1) is 24.2 Å². The lowest BCUT2D eigenvalue weighted by molar-refractivity contribution is -0.114. The zero-order valence-electron chi connectivity index (χ0n) is 13.8. The average Bonchev–Trinajstić information content (AvgIpc) is 2.54. The first-order valence-electron chi connectivity index (χ1n) is 7.17. The first-order chi connectivity index (χ1) is 12.2. The maximum absolute atomic E-state index is 11.8. The summed E-state index contributed by atoms with van der Waals surface area (Å²) in [5.74, 6) is -1.90. The SMILES string of the molecule is COc1ccc(N(c2ccc(C(=O)O)c(O)c2)S(=O)O)cc1NC(C)=O. The Morgan fingerprint density at radius 3 is 2.27 bits per heavy atom. The molecule has 0 heterocycles. The largest absolute Gasteiger partial charge is 0.507 e. The second kappa shape index (κ2) is 7.85. The van der Waals surface area contributed by atoms with Gasteiger partial charge in [0.15, 0.2) is 0 Å². The van der Waals surface area contributed by atoms with E-state index in [0.717, 1.165) is 16.4 Å². The number of carboxylic acid groups (broad SMARTS) is 1. The first-order valence-corrected chi connectivity index (χ1v) is 8.24. The van der Waals surface area contributed by atoms with E-state index in [9.17, 15) is 23.5 Å². The fraction of sp³-hybridized carbons (Fsp3) is 0.125. The number of phenols is 1. The van der Waals surface area contributed by atoms with E-state index in [-0.39, 0.29) is 28.5 Å². The van der Waals surface area contributed by atoms with Crippen LogP contribution >= 0.6 is 0 Å². The number of benzene rings is 2. The Labute approximate surface area is 151 Å². The molecule has 0 spiro atoms. The average molecular weight is 380 g/mol. The van der Waals surface area contributed by atoms with E-state index < -0.39 is 23.0 Å². The summed E-state index contributed by atoms with van der Waals surface area (Å²) in [5, 5.41) is 21.3. The van der Waals surface area contributed by atoms with E-state index in [0.29, 0.717) is 5.75 Å². The fourth-order valence-electron chi connectivity index (χ4n) is 2.27. The van der Waals surface area contributed by atoms with Crippen LogP contribution in [0, 0.1) is 0 Å². The van der Waals surface area contributed by atoms with Gasteiger partial charge in [-0.25, -0.2) is 13.3 Å². The van der Waals surface area contributed by atoms with Crippen molar-refractivity contribution in [3.8, 4) is 11.5 Å². The van der Waals surface area contributed by atoms with Crippen LogP contribution < -0.4 is 14.4 Å². The highest BCUT2D eigenvalue weighted by molar-refractivity contribution is 7.81. The molecule has 0 saturated carbocycles. The predicted molar refractivity (Wildman–Crippen MR) is 95.3 cm³/mol. The summed E-state index contributed by atoms with van der Waals surface area (Å²) in [6.07, 6.45) is 0. The van der Waals surface area contributed by atoms with Gasteiger partial charge in [-0.2, -0.15) is 0 Å². The van der Waals surface area contributed by atoms with Gasteiger partial charge in [0, 0.05) is 13.0 Å².